The Labute approximate surface area is 110 Å². The predicted octanol–water partition coefficient (Wildman–Crippen LogP) is 3.23. The molecule has 19 heavy (non-hydrogen) atoms. The lowest BCUT2D eigenvalue weighted by molar-refractivity contribution is -0.174. The van der Waals surface area contributed by atoms with Crippen LogP contribution < -0.4 is 4.74 Å². The molecule has 1 aromatic carbocycles. The van der Waals surface area contributed by atoms with Crippen LogP contribution in [0.3, 0.4) is 0 Å². The molecule has 0 aromatic heterocycles. The molecule has 0 radical (unpaired) electrons. The maximum Gasteiger partial charge on any atom is 0.314 e. The van der Waals surface area contributed by atoms with Crippen LogP contribution in [0.5, 0.6) is 5.75 Å². The first-order chi connectivity index (χ1) is 8.75. The Morgan fingerprint density at radius 2 is 1.79 bits per heavy atom. The Bertz CT molecular complexity index is 472. The molecular weight excluding hydrogens is 254 g/mol. The first kappa shape index (κ1) is 13.8. The quantitative estimate of drug-likeness (QED) is 0.913. The fraction of sp³-hybridized carbons (Fsp3) is 0.500. The molecule has 1 fully saturated rings. The van der Waals surface area contributed by atoms with Gasteiger partial charge in [0.25, 0.3) is 5.92 Å². The monoisotopic (exact) mass is 270 g/mol. The first-order valence-corrected chi connectivity index (χ1v) is 6.14. The number of ether oxygens (including phenoxy) is 1. The molecule has 0 heterocycles. The van der Waals surface area contributed by atoms with Gasteiger partial charge in [-0.05, 0) is 31.5 Å². The van der Waals surface area contributed by atoms with Crippen LogP contribution >= 0.6 is 0 Å². The average Bonchev–Trinajstić information content (AvgIpc) is 2.25. The van der Waals surface area contributed by atoms with Gasteiger partial charge in [0.2, 0.25) is 0 Å². The van der Waals surface area contributed by atoms with E-state index in [4.69, 9.17) is 4.74 Å². The minimum Gasteiger partial charge on any atom is -0.491 e. The Morgan fingerprint density at radius 3 is 2.16 bits per heavy atom. The van der Waals surface area contributed by atoms with Crippen molar-refractivity contribution in [3.63, 3.8) is 0 Å². The number of hydrogen-bond donors (Lipinski definition) is 1. The summed E-state index contributed by atoms with van der Waals surface area (Å²) in [4.78, 5) is 11.3. The highest BCUT2D eigenvalue weighted by Crippen LogP contribution is 2.53. The van der Waals surface area contributed by atoms with Crippen molar-refractivity contribution in [3.8, 4) is 5.75 Å². The second-order valence-electron chi connectivity index (χ2n) is 5.29. The van der Waals surface area contributed by atoms with Crippen LogP contribution in [-0.4, -0.2) is 23.1 Å². The molecule has 1 N–H and O–H groups in total. The second-order valence-corrected chi connectivity index (χ2v) is 5.29. The van der Waals surface area contributed by atoms with E-state index in [1.807, 2.05) is 13.8 Å². The number of hydrogen-bond acceptors (Lipinski definition) is 2. The van der Waals surface area contributed by atoms with Crippen LogP contribution in [0, 0.1) is 0 Å². The van der Waals surface area contributed by atoms with E-state index in [2.05, 4.69) is 0 Å². The smallest absolute Gasteiger partial charge is 0.314 e. The van der Waals surface area contributed by atoms with E-state index >= 15 is 0 Å². The number of carbonyl (C=O) groups is 1. The van der Waals surface area contributed by atoms with Gasteiger partial charge in [-0.2, -0.15) is 0 Å². The highest BCUT2D eigenvalue weighted by molar-refractivity contribution is 5.83. The summed E-state index contributed by atoms with van der Waals surface area (Å²) >= 11 is 0. The number of benzene rings is 1. The fourth-order valence-electron chi connectivity index (χ4n) is 2.43. The Hall–Kier alpha value is -1.65. The van der Waals surface area contributed by atoms with Gasteiger partial charge in [0.05, 0.1) is 6.10 Å². The van der Waals surface area contributed by atoms with Gasteiger partial charge in [0.15, 0.2) is 0 Å². The van der Waals surface area contributed by atoms with E-state index in [0.29, 0.717) is 11.3 Å². The van der Waals surface area contributed by atoms with Gasteiger partial charge in [0, 0.05) is 12.8 Å². The zero-order valence-corrected chi connectivity index (χ0v) is 10.8. The largest absolute Gasteiger partial charge is 0.491 e. The van der Waals surface area contributed by atoms with Crippen LogP contribution in [0.4, 0.5) is 8.78 Å². The maximum absolute atomic E-state index is 13.0. The van der Waals surface area contributed by atoms with Gasteiger partial charge < -0.3 is 9.84 Å². The molecule has 1 aromatic rings. The van der Waals surface area contributed by atoms with Gasteiger partial charge in [-0.15, -0.1) is 0 Å². The van der Waals surface area contributed by atoms with Crippen LogP contribution in [0.2, 0.25) is 0 Å². The highest BCUT2D eigenvalue weighted by Gasteiger charge is 2.62. The van der Waals surface area contributed by atoms with Crippen molar-refractivity contribution < 1.29 is 23.4 Å². The molecule has 2 rings (SSSR count). The van der Waals surface area contributed by atoms with Gasteiger partial charge in [-0.1, -0.05) is 12.1 Å². The SMILES string of the molecule is CC(C)Oc1ccc(C2(C(=O)O)CC(F)(F)C2)cc1. The van der Waals surface area contributed by atoms with Gasteiger partial charge in [0.1, 0.15) is 11.2 Å². The number of rotatable bonds is 4. The predicted molar refractivity (Wildman–Crippen MR) is 65.7 cm³/mol. The minimum absolute atomic E-state index is 0.00678. The molecule has 0 atom stereocenters. The number of halogens is 2. The molecule has 0 bridgehead atoms. The standard InChI is InChI=1S/C14H16F2O3/c1-9(2)19-11-5-3-10(4-6-11)13(12(17)18)7-14(15,16)8-13/h3-6,9H,7-8H2,1-2H3,(H,17,18). The molecule has 0 spiro atoms. The second kappa shape index (κ2) is 4.47. The molecule has 104 valence electrons. The fourth-order valence-corrected chi connectivity index (χ4v) is 2.43. The zero-order chi connectivity index (χ0) is 14.3. The maximum atomic E-state index is 13.0. The van der Waals surface area contributed by atoms with Gasteiger partial charge in [-0.25, -0.2) is 8.78 Å². The summed E-state index contributed by atoms with van der Waals surface area (Å²) in [5.41, 5.74) is -1.05. The molecular formula is C14H16F2O3. The third-order valence-electron chi connectivity index (χ3n) is 3.31. The minimum atomic E-state index is -2.88. The lowest BCUT2D eigenvalue weighted by Crippen LogP contribution is -2.54. The van der Waals surface area contributed by atoms with Crippen molar-refractivity contribution >= 4 is 5.97 Å². The number of aliphatic carboxylic acids is 1. The molecule has 0 unspecified atom stereocenters. The summed E-state index contributed by atoms with van der Waals surface area (Å²) in [5.74, 6) is -3.48. The molecule has 0 amide bonds. The molecule has 1 aliphatic rings. The Kier molecular flexibility index (Phi) is 3.24. The first-order valence-electron chi connectivity index (χ1n) is 6.14. The van der Waals surface area contributed by atoms with E-state index in [-0.39, 0.29) is 6.10 Å². The summed E-state index contributed by atoms with van der Waals surface area (Å²) in [5, 5.41) is 9.22. The van der Waals surface area contributed by atoms with E-state index in [1.165, 1.54) is 0 Å². The average molecular weight is 270 g/mol. The van der Waals surface area contributed by atoms with Crippen molar-refractivity contribution in [3.05, 3.63) is 29.8 Å². The molecule has 0 saturated heterocycles. The van der Waals surface area contributed by atoms with E-state index < -0.39 is 30.1 Å². The summed E-state index contributed by atoms with van der Waals surface area (Å²) in [7, 11) is 0. The number of carboxylic acids is 1. The van der Waals surface area contributed by atoms with Crippen molar-refractivity contribution in [2.45, 2.75) is 44.1 Å². The van der Waals surface area contributed by atoms with Crippen molar-refractivity contribution in [2.24, 2.45) is 0 Å². The van der Waals surface area contributed by atoms with Crippen molar-refractivity contribution in [1.29, 1.82) is 0 Å². The van der Waals surface area contributed by atoms with Gasteiger partial charge in [-0.3, -0.25) is 4.79 Å². The molecule has 1 saturated carbocycles. The third kappa shape index (κ3) is 2.55. The Balaban J connectivity index is 2.23. The van der Waals surface area contributed by atoms with E-state index in [9.17, 15) is 18.7 Å². The zero-order valence-electron chi connectivity index (χ0n) is 10.8. The van der Waals surface area contributed by atoms with Crippen LogP contribution in [-0.2, 0) is 10.2 Å². The van der Waals surface area contributed by atoms with Crippen LogP contribution in [0.15, 0.2) is 24.3 Å². The summed E-state index contributed by atoms with van der Waals surface area (Å²) in [6, 6.07) is 6.36. The van der Waals surface area contributed by atoms with E-state index in [0.717, 1.165) is 0 Å². The molecule has 1 aliphatic carbocycles. The number of alkyl halides is 2. The topological polar surface area (TPSA) is 46.5 Å². The van der Waals surface area contributed by atoms with E-state index in [1.54, 1.807) is 24.3 Å². The van der Waals surface area contributed by atoms with Crippen molar-refractivity contribution in [1.82, 2.24) is 0 Å². The Morgan fingerprint density at radius 1 is 1.26 bits per heavy atom. The summed E-state index contributed by atoms with van der Waals surface area (Å²) in [6.45, 7) is 3.75. The van der Waals surface area contributed by atoms with Crippen LogP contribution in [0.25, 0.3) is 0 Å². The lowest BCUT2D eigenvalue weighted by Gasteiger charge is -2.44. The summed E-state index contributed by atoms with van der Waals surface area (Å²) < 4.78 is 31.5. The highest BCUT2D eigenvalue weighted by atomic mass is 19.3. The number of carboxylic acid groups (broad SMARTS) is 1. The lowest BCUT2D eigenvalue weighted by atomic mass is 9.62. The molecule has 5 heteroatoms. The third-order valence-corrected chi connectivity index (χ3v) is 3.31. The van der Waals surface area contributed by atoms with Crippen LogP contribution in [0.1, 0.15) is 32.3 Å². The normalized spacial score (nSPS) is 19.8. The summed E-state index contributed by atoms with van der Waals surface area (Å²) in [6.07, 6.45) is -1.27. The van der Waals surface area contributed by atoms with Crippen molar-refractivity contribution in [2.75, 3.05) is 0 Å². The molecule has 3 nitrogen and oxygen atoms in total. The molecule has 0 aliphatic heterocycles. The van der Waals surface area contributed by atoms with Gasteiger partial charge >= 0.3 is 5.97 Å².